The highest BCUT2D eigenvalue weighted by Gasteiger charge is 2.12. The van der Waals surface area contributed by atoms with Gasteiger partial charge in [0.25, 0.3) is 0 Å². The van der Waals surface area contributed by atoms with Gasteiger partial charge in [0.2, 0.25) is 0 Å². The summed E-state index contributed by atoms with van der Waals surface area (Å²) in [6.07, 6.45) is 1.46. The predicted molar refractivity (Wildman–Crippen MR) is 77.7 cm³/mol. The Morgan fingerprint density at radius 2 is 1.73 bits per heavy atom. The fourth-order valence-electron chi connectivity index (χ4n) is 1.80. The second-order valence-electron chi connectivity index (χ2n) is 4.62. The van der Waals surface area contributed by atoms with E-state index in [1.807, 2.05) is 0 Å². The van der Waals surface area contributed by atoms with Crippen molar-refractivity contribution in [2.75, 3.05) is 7.11 Å². The van der Waals surface area contributed by atoms with Crippen LogP contribution in [0.1, 0.15) is 43.7 Å². The molecule has 0 amide bonds. The zero-order valence-corrected chi connectivity index (χ0v) is 12.2. The number of esters is 2. The number of nitrogens with one attached hydrogen (secondary N) is 1. The molecule has 0 atom stereocenters. The van der Waals surface area contributed by atoms with Crippen molar-refractivity contribution in [3.8, 4) is 0 Å². The minimum atomic E-state index is -0.551. The molecule has 0 aliphatic heterocycles. The Morgan fingerprint density at radius 1 is 1.05 bits per heavy atom. The largest absolute Gasteiger partial charge is 0.465 e. The molecule has 1 aromatic heterocycles. The molecule has 1 heterocycles. The Labute approximate surface area is 127 Å². The van der Waals surface area contributed by atoms with Crippen LogP contribution in [0.25, 0.3) is 0 Å². The van der Waals surface area contributed by atoms with E-state index in [0.717, 1.165) is 5.56 Å². The quantitative estimate of drug-likeness (QED) is 0.677. The molecular formula is C16H15NO5. The van der Waals surface area contributed by atoms with Crippen LogP contribution >= 0.6 is 0 Å². The van der Waals surface area contributed by atoms with Gasteiger partial charge in [-0.2, -0.15) is 0 Å². The molecule has 22 heavy (non-hydrogen) atoms. The van der Waals surface area contributed by atoms with Gasteiger partial charge in [-0.15, -0.1) is 0 Å². The summed E-state index contributed by atoms with van der Waals surface area (Å²) in [4.78, 5) is 37.0. The van der Waals surface area contributed by atoms with Crippen molar-refractivity contribution in [1.29, 1.82) is 0 Å². The second kappa shape index (κ2) is 6.71. The van der Waals surface area contributed by atoms with Crippen molar-refractivity contribution in [3.63, 3.8) is 0 Å². The molecule has 0 radical (unpaired) electrons. The van der Waals surface area contributed by atoms with E-state index in [4.69, 9.17) is 4.74 Å². The molecule has 1 aromatic carbocycles. The van der Waals surface area contributed by atoms with Gasteiger partial charge in [0.1, 0.15) is 12.3 Å². The molecular weight excluding hydrogens is 286 g/mol. The van der Waals surface area contributed by atoms with E-state index in [2.05, 4.69) is 9.72 Å². The summed E-state index contributed by atoms with van der Waals surface area (Å²) < 4.78 is 9.73. The molecule has 0 fully saturated rings. The third kappa shape index (κ3) is 3.60. The van der Waals surface area contributed by atoms with E-state index < -0.39 is 11.9 Å². The highest BCUT2D eigenvalue weighted by molar-refractivity contribution is 5.97. The molecule has 1 N–H and O–H groups in total. The number of carbonyl (C=O) groups is 3. The summed E-state index contributed by atoms with van der Waals surface area (Å²) in [6.45, 7) is 1.48. The average molecular weight is 301 g/mol. The van der Waals surface area contributed by atoms with Crippen molar-refractivity contribution < 1.29 is 23.9 Å². The lowest BCUT2D eigenvalue weighted by Gasteiger charge is -2.04. The molecule has 0 unspecified atom stereocenters. The van der Waals surface area contributed by atoms with E-state index in [1.165, 1.54) is 26.3 Å². The Balaban J connectivity index is 1.95. The number of benzene rings is 1. The molecule has 0 bridgehead atoms. The standard InChI is InChI=1S/C16H15NO5/c1-10(18)13-7-14(17-8-13)16(20)22-9-11-3-5-12(6-4-11)15(19)21-2/h3-8,17H,9H2,1-2H3. The van der Waals surface area contributed by atoms with Crippen molar-refractivity contribution in [3.05, 3.63) is 58.9 Å². The monoisotopic (exact) mass is 301 g/mol. The number of carbonyl (C=O) groups excluding carboxylic acids is 3. The fourth-order valence-corrected chi connectivity index (χ4v) is 1.80. The van der Waals surface area contributed by atoms with Crippen LogP contribution in [0.4, 0.5) is 0 Å². The lowest BCUT2D eigenvalue weighted by atomic mass is 10.1. The first-order valence-electron chi connectivity index (χ1n) is 6.55. The first-order chi connectivity index (χ1) is 10.5. The molecule has 0 saturated carbocycles. The Morgan fingerprint density at radius 3 is 2.27 bits per heavy atom. The van der Waals surface area contributed by atoms with Crippen LogP contribution in [0.5, 0.6) is 0 Å². The molecule has 2 rings (SSSR count). The SMILES string of the molecule is COC(=O)c1ccc(COC(=O)c2cc(C(C)=O)c[nH]2)cc1. The number of hydrogen-bond acceptors (Lipinski definition) is 5. The van der Waals surface area contributed by atoms with Gasteiger partial charge in [0.15, 0.2) is 5.78 Å². The maximum Gasteiger partial charge on any atom is 0.355 e. The minimum absolute atomic E-state index is 0.0642. The molecule has 114 valence electrons. The summed E-state index contributed by atoms with van der Waals surface area (Å²) in [5, 5.41) is 0. The highest BCUT2D eigenvalue weighted by atomic mass is 16.5. The normalized spacial score (nSPS) is 10.1. The van der Waals surface area contributed by atoms with Crippen LogP contribution in [0.2, 0.25) is 0 Å². The van der Waals surface area contributed by atoms with Crippen molar-refractivity contribution in [2.24, 2.45) is 0 Å². The van der Waals surface area contributed by atoms with Crippen LogP contribution < -0.4 is 0 Å². The molecule has 0 aliphatic carbocycles. The van der Waals surface area contributed by atoms with Crippen LogP contribution in [0.3, 0.4) is 0 Å². The van der Waals surface area contributed by atoms with Gasteiger partial charge >= 0.3 is 11.9 Å². The topological polar surface area (TPSA) is 85.5 Å². The van der Waals surface area contributed by atoms with Crippen molar-refractivity contribution in [2.45, 2.75) is 13.5 Å². The van der Waals surface area contributed by atoms with E-state index in [1.54, 1.807) is 24.3 Å². The molecule has 6 nitrogen and oxygen atoms in total. The minimum Gasteiger partial charge on any atom is -0.465 e. The number of ether oxygens (including phenoxy) is 2. The van der Waals surface area contributed by atoms with Crippen LogP contribution in [0, 0.1) is 0 Å². The van der Waals surface area contributed by atoms with Gasteiger partial charge in [0, 0.05) is 11.8 Å². The number of rotatable bonds is 5. The van der Waals surface area contributed by atoms with E-state index in [-0.39, 0.29) is 18.1 Å². The molecule has 0 saturated heterocycles. The first kappa shape index (κ1) is 15.5. The van der Waals surface area contributed by atoms with Gasteiger partial charge in [-0.3, -0.25) is 4.79 Å². The average Bonchev–Trinajstić information content (AvgIpc) is 3.02. The number of aromatic amines is 1. The summed E-state index contributed by atoms with van der Waals surface area (Å²) in [5.74, 6) is -1.11. The first-order valence-corrected chi connectivity index (χ1v) is 6.55. The van der Waals surface area contributed by atoms with Gasteiger partial charge in [-0.1, -0.05) is 12.1 Å². The van der Waals surface area contributed by atoms with Crippen LogP contribution in [-0.2, 0) is 16.1 Å². The maximum absolute atomic E-state index is 11.8. The highest BCUT2D eigenvalue weighted by Crippen LogP contribution is 2.10. The second-order valence-corrected chi connectivity index (χ2v) is 4.62. The van der Waals surface area contributed by atoms with Crippen molar-refractivity contribution >= 4 is 17.7 Å². The number of aromatic nitrogens is 1. The van der Waals surface area contributed by atoms with E-state index >= 15 is 0 Å². The fraction of sp³-hybridized carbons (Fsp3) is 0.188. The lowest BCUT2D eigenvalue weighted by Crippen LogP contribution is -2.06. The Kier molecular flexibility index (Phi) is 4.73. The lowest BCUT2D eigenvalue weighted by molar-refractivity contribution is 0.0465. The van der Waals surface area contributed by atoms with E-state index in [9.17, 15) is 14.4 Å². The predicted octanol–water partition coefficient (Wildman–Crippen LogP) is 2.36. The summed E-state index contributed by atoms with van der Waals surface area (Å²) >= 11 is 0. The van der Waals surface area contributed by atoms with Gasteiger partial charge in [-0.05, 0) is 30.7 Å². The molecule has 0 aliphatic rings. The third-order valence-corrected chi connectivity index (χ3v) is 3.05. The zero-order valence-electron chi connectivity index (χ0n) is 12.2. The summed E-state index contributed by atoms with van der Waals surface area (Å²) in [6, 6.07) is 7.99. The zero-order chi connectivity index (χ0) is 16.1. The van der Waals surface area contributed by atoms with Crippen LogP contribution in [0.15, 0.2) is 36.5 Å². The number of ketones is 1. The van der Waals surface area contributed by atoms with E-state index in [0.29, 0.717) is 11.1 Å². The number of hydrogen-bond donors (Lipinski definition) is 1. The van der Waals surface area contributed by atoms with Gasteiger partial charge < -0.3 is 14.5 Å². The Bertz CT molecular complexity index is 700. The van der Waals surface area contributed by atoms with Gasteiger partial charge in [0.05, 0.1) is 12.7 Å². The molecule has 6 heteroatoms. The Hall–Kier alpha value is -2.89. The molecule has 0 spiro atoms. The number of Topliss-reactive ketones (excluding diaryl/α,β-unsaturated/α-hetero) is 1. The van der Waals surface area contributed by atoms with Crippen LogP contribution in [-0.4, -0.2) is 29.8 Å². The maximum atomic E-state index is 11.8. The smallest absolute Gasteiger partial charge is 0.355 e. The van der Waals surface area contributed by atoms with Crippen molar-refractivity contribution in [1.82, 2.24) is 4.98 Å². The third-order valence-electron chi connectivity index (χ3n) is 3.05. The van der Waals surface area contributed by atoms with Gasteiger partial charge in [-0.25, -0.2) is 9.59 Å². The summed E-state index contributed by atoms with van der Waals surface area (Å²) in [7, 11) is 1.31. The molecule has 2 aromatic rings. The summed E-state index contributed by atoms with van der Waals surface area (Å²) in [5.41, 5.74) is 1.80. The number of methoxy groups -OCH3 is 1. The number of H-pyrrole nitrogens is 1.